The topological polar surface area (TPSA) is 41.1 Å². The van der Waals surface area contributed by atoms with Crippen molar-refractivity contribution in [1.82, 2.24) is 5.32 Å². The molecule has 2 N–H and O–H groups in total. The lowest BCUT2D eigenvalue weighted by atomic mass is 10.0. The Morgan fingerprint density at radius 1 is 1.20 bits per heavy atom. The SMILES string of the molecule is CC(C)CCCC(C)NCC(=O)Nc1ccccc1F. The van der Waals surface area contributed by atoms with Crippen molar-refractivity contribution in [2.24, 2.45) is 5.92 Å². The highest BCUT2D eigenvalue weighted by molar-refractivity contribution is 5.92. The van der Waals surface area contributed by atoms with Gasteiger partial charge in [0.1, 0.15) is 5.82 Å². The number of benzene rings is 1. The first-order valence-electron chi connectivity index (χ1n) is 7.26. The molecule has 1 atom stereocenters. The second kappa shape index (κ2) is 8.69. The van der Waals surface area contributed by atoms with Crippen LogP contribution in [-0.4, -0.2) is 18.5 Å². The van der Waals surface area contributed by atoms with Gasteiger partial charge >= 0.3 is 0 Å². The lowest BCUT2D eigenvalue weighted by Crippen LogP contribution is -2.34. The molecule has 1 amide bonds. The zero-order chi connectivity index (χ0) is 15.0. The minimum Gasteiger partial charge on any atom is -0.322 e. The number of nitrogens with one attached hydrogen (secondary N) is 2. The van der Waals surface area contributed by atoms with Gasteiger partial charge in [-0.15, -0.1) is 0 Å². The monoisotopic (exact) mass is 280 g/mol. The van der Waals surface area contributed by atoms with Crippen LogP contribution in [0.4, 0.5) is 10.1 Å². The lowest BCUT2D eigenvalue weighted by molar-refractivity contribution is -0.115. The molecule has 0 aromatic heterocycles. The third-order valence-electron chi connectivity index (χ3n) is 3.18. The van der Waals surface area contributed by atoms with E-state index in [1.807, 2.05) is 0 Å². The molecule has 0 aliphatic carbocycles. The van der Waals surface area contributed by atoms with E-state index < -0.39 is 5.82 Å². The van der Waals surface area contributed by atoms with Crippen molar-refractivity contribution in [2.45, 2.75) is 46.1 Å². The van der Waals surface area contributed by atoms with Crippen LogP contribution >= 0.6 is 0 Å². The number of anilines is 1. The van der Waals surface area contributed by atoms with Gasteiger partial charge in [-0.05, 0) is 31.4 Å². The summed E-state index contributed by atoms with van der Waals surface area (Å²) in [6.45, 7) is 6.69. The van der Waals surface area contributed by atoms with Gasteiger partial charge in [-0.1, -0.05) is 38.8 Å². The van der Waals surface area contributed by atoms with Gasteiger partial charge in [0.25, 0.3) is 0 Å². The van der Waals surface area contributed by atoms with Crippen molar-refractivity contribution in [3.63, 3.8) is 0 Å². The Hall–Kier alpha value is -1.42. The highest BCUT2D eigenvalue weighted by atomic mass is 19.1. The normalized spacial score (nSPS) is 12.4. The van der Waals surface area contributed by atoms with Gasteiger partial charge in [0, 0.05) is 6.04 Å². The van der Waals surface area contributed by atoms with Crippen LogP contribution in [-0.2, 0) is 4.79 Å². The summed E-state index contributed by atoms with van der Waals surface area (Å²) in [5, 5.41) is 5.72. The fourth-order valence-electron chi connectivity index (χ4n) is 1.96. The number of carbonyl (C=O) groups excluding carboxylic acids is 1. The Morgan fingerprint density at radius 2 is 1.90 bits per heavy atom. The number of carbonyl (C=O) groups is 1. The molecule has 0 saturated carbocycles. The Morgan fingerprint density at radius 3 is 2.55 bits per heavy atom. The molecule has 20 heavy (non-hydrogen) atoms. The summed E-state index contributed by atoms with van der Waals surface area (Å²) in [6, 6.07) is 6.47. The average Bonchev–Trinajstić information content (AvgIpc) is 2.39. The smallest absolute Gasteiger partial charge is 0.238 e. The van der Waals surface area contributed by atoms with Crippen LogP contribution in [0.5, 0.6) is 0 Å². The minimum absolute atomic E-state index is 0.206. The van der Waals surface area contributed by atoms with Crippen LogP contribution in [0.2, 0.25) is 0 Å². The number of para-hydroxylation sites is 1. The maximum Gasteiger partial charge on any atom is 0.238 e. The third-order valence-corrected chi connectivity index (χ3v) is 3.18. The molecule has 0 radical (unpaired) electrons. The van der Waals surface area contributed by atoms with Crippen molar-refractivity contribution < 1.29 is 9.18 Å². The second-order valence-corrected chi connectivity index (χ2v) is 5.63. The molecule has 0 heterocycles. The number of hydrogen-bond acceptors (Lipinski definition) is 2. The summed E-state index contributed by atoms with van der Waals surface area (Å²) in [6.07, 6.45) is 3.40. The van der Waals surface area contributed by atoms with E-state index in [9.17, 15) is 9.18 Å². The maximum atomic E-state index is 13.4. The van der Waals surface area contributed by atoms with Crippen LogP contribution < -0.4 is 10.6 Å². The van der Waals surface area contributed by atoms with Crippen molar-refractivity contribution in [2.75, 3.05) is 11.9 Å². The molecular weight excluding hydrogens is 255 g/mol. The number of amides is 1. The van der Waals surface area contributed by atoms with Crippen molar-refractivity contribution >= 4 is 11.6 Å². The van der Waals surface area contributed by atoms with Gasteiger partial charge in [-0.25, -0.2) is 4.39 Å². The van der Waals surface area contributed by atoms with Crippen LogP contribution in [0.3, 0.4) is 0 Å². The summed E-state index contributed by atoms with van der Waals surface area (Å²) in [4.78, 5) is 11.7. The third kappa shape index (κ3) is 6.66. The zero-order valence-electron chi connectivity index (χ0n) is 12.6. The van der Waals surface area contributed by atoms with E-state index >= 15 is 0 Å². The first kappa shape index (κ1) is 16.6. The van der Waals surface area contributed by atoms with Crippen LogP contribution in [0.1, 0.15) is 40.0 Å². The van der Waals surface area contributed by atoms with E-state index in [0.717, 1.165) is 12.8 Å². The molecule has 3 nitrogen and oxygen atoms in total. The van der Waals surface area contributed by atoms with Crippen molar-refractivity contribution in [3.05, 3.63) is 30.1 Å². The predicted molar refractivity (Wildman–Crippen MR) is 81.2 cm³/mol. The molecular formula is C16H25FN2O. The first-order valence-corrected chi connectivity index (χ1v) is 7.26. The number of halogens is 1. The van der Waals surface area contributed by atoms with E-state index in [0.29, 0.717) is 12.0 Å². The molecule has 0 aliphatic rings. The highest BCUT2D eigenvalue weighted by Crippen LogP contribution is 2.12. The standard InChI is InChI=1S/C16H25FN2O/c1-12(2)7-6-8-13(3)18-11-16(20)19-15-10-5-4-9-14(15)17/h4-5,9-10,12-13,18H,6-8,11H2,1-3H3,(H,19,20). The second-order valence-electron chi connectivity index (χ2n) is 5.63. The highest BCUT2D eigenvalue weighted by Gasteiger charge is 2.08. The Labute approximate surface area is 121 Å². The van der Waals surface area contributed by atoms with Gasteiger partial charge < -0.3 is 10.6 Å². The summed E-state index contributed by atoms with van der Waals surface area (Å²) in [7, 11) is 0. The summed E-state index contributed by atoms with van der Waals surface area (Å²) < 4.78 is 13.4. The largest absolute Gasteiger partial charge is 0.322 e. The fraction of sp³-hybridized carbons (Fsp3) is 0.562. The lowest BCUT2D eigenvalue weighted by Gasteiger charge is -2.14. The van der Waals surface area contributed by atoms with E-state index in [1.54, 1.807) is 18.2 Å². The van der Waals surface area contributed by atoms with E-state index in [4.69, 9.17) is 0 Å². The van der Waals surface area contributed by atoms with Crippen molar-refractivity contribution in [3.8, 4) is 0 Å². The Balaban J connectivity index is 2.24. The summed E-state index contributed by atoms with van der Waals surface area (Å²) in [5.74, 6) is 0.0863. The van der Waals surface area contributed by atoms with Crippen LogP contribution in [0, 0.1) is 11.7 Å². The molecule has 0 aliphatic heterocycles. The molecule has 0 bridgehead atoms. The van der Waals surface area contributed by atoms with Gasteiger partial charge in [-0.3, -0.25) is 4.79 Å². The van der Waals surface area contributed by atoms with Gasteiger partial charge in [0.15, 0.2) is 0 Å². The van der Waals surface area contributed by atoms with E-state index in [1.165, 1.54) is 12.5 Å². The summed E-state index contributed by atoms with van der Waals surface area (Å²) >= 11 is 0. The molecule has 0 fully saturated rings. The maximum absolute atomic E-state index is 13.4. The summed E-state index contributed by atoms with van der Waals surface area (Å²) in [5.41, 5.74) is 0.228. The molecule has 1 unspecified atom stereocenters. The fourth-order valence-corrected chi connectivity index (χ4v) is 1.96. The predicted octanol–water partition coefficient (Wildman–Crippen LogP) is 3.57. The minimum atomic E-state index is -0.411. The average molecular weight is 280 g/mol. The van der Waals surface area contributed by atoms with Gasteiger partial charge in [-0.2, -0.15) is 0 Å². The molecule has 1 rings (SSSR count). The molecule has 112 valence electrons. The number of rotatable bonds is 8. The first-order chi connectivity index (χ1) is 9.49. The van der Waals surface area contributed by atoms with Crippen molar-refractivity contribution in [1.29, 1.82) is 0 Å². The molecule has 0 saturated heterocycles. The molecule has 0 spiro atoms. The molecule has 1 aromatic carbocycles. The van der Waals surface area contributed by atoms with Crippen LogP contribution in [0.25, 0.3) is 0 Å². The quantitative estimate of drug-likeness (QED) is 0.764. The van der Waals surface area contributed by atoms with E-state index in [2.05, 4.69) is 31.4 Å². The molecule has 4 heteroatoms. The Kier molecular flexibility index (Phi) is 7.23. The van der Waals surface area contributed by atoms with Gasteiger partial charge in [0.2, 0.25) is 5.91 Å². The number of hydrogen-bond donors (Lipinski definition) is 2. The molecule has 1 aromatic rings. The van der Waals surface area contributed by atoms with Gasteiger partial charge in [0.05, 0.1) is 12.2 Å². The Bertz CT molecular complexity index is 421. The van der Waals surface area contributed by atoms with Crippen LogP contribution in [0.15, 0.2) is 24.3 Å². The zero-order valence-corrected chi connectivity index (χ0v) is 12.6. The van der Waals surface area contributed by atoms with E-state index in [-0.39, 0.29) is 18.1 Å².